The van der Waals surface area contributed by atoms with Gasteiger partial charge in [-0.15, -0.1) is 0 Å². The van der Waals surface area contributed by atoms with Gasteiger partial charge < -0.3 is 0 Å². The van der Waals surface area contributed by atoms with E-state index in [2.05, 4.69) is 230 Å². The van der Waals surface area contributed by atoms with Crippen LogP contribution in [0.1, 0.15) is 158 Å². The van der Waals surface area contributed by atoms with E-state index in [1.54, 1.807) is 0 Å². The van der Waals surface area contributed by atoms with Gasteiger partial charge in [0.05, 0.1) is 0 Å². The molecule has 5 heterocycles. The predicted molar refractivity (Wildman–Crippen MR) is 287 cm³/mol. The van der Waals surface area contributed by atoms with Gasteiger partial charge in [-0.2, -0.15) is 0 Å². The first-order chi connectivity index (χ1) is 30.9. The molecule has 5 nitrogen and oxygen atoms in total. The van der Waals surface area contributed by atoms with Crippen molar-refractivity contribution >= 4 is 77.6 Å². The van der Waals surface area contributed by atoms with Crippen molar-refractivity contribution in [2.75, 3.05) is 14.7 Å². The average molecular weight is 951 g/mol. The number of ether oxygens (including phenoxy) is 2. The van der Waals surface area contributed by atoms with Crippen LogP contribution in [0.15, 0.2) is 84.9 Å². The Bertz CT molecular complexity index is 2980. The first-order valence-electron chi connectivity index (χ1n) is 24.7. The zero-order valence-electron chi connectivity index (χ0n) is 43.7. The molecule has 11 rings (SSSR count). The molecule has 0 saturated carbocycles. The topological polar surface area (TPSA) is 28.2 Å². The zero-order valence-corrected chi connectivity index (χ0v) is 45.8. The second kappa shape index (κ2) is 13.3. The summed E-state index contributed by atoms with van der Waals surface area (Å²) in [4.78, 5) is 7.95. The van der Waals surface area contributed by atoms with Gasteiger partial charge in [0.1, 0.15) is 0 Å². The molecule has 0 atom stereocenters. The maximum absolute atomic E-state index is 7.53. The van der Waals surface area contributed by atoms with Gasteiger partial charge in [-0.25, -0.2) is 0 Å². The molecule has 0 saturated heterocycles. The predicted octanol–water partition coefficient (Wildman–Crippen LogP) is 16.1. The van der Waals surface area contributed by atoms with E-state index in [-0.39, 0.29) is 32.5 Å². The summed E-state index contributed by atoms with van der Waals surface area (Å²) in [7, 11) is 0. The SMILES string of the molecule is CC(C)(C)c1ccc(N2c3cc(C(C)(C)C)c4c5[c]3[Ge]3([CH3])[c]6c(cc(C(C)(C)C)cc6N6c7ccc(C(C)(C)C)cc7Oc7c(C(C)(C)C)cc2[c]3c76)N5c2ccc(C(C)(C)C)cc2O4)cc1. The Balaban J connectivity index is 1.37. The van der Waals surface area contributed by atoms with Crippen LogP contribution in [0.5, 0.6) is 23.0 Å². The molecule has 0 radical (unpaired) electrons. The molecule has 6 aromatic rings. The summed E-state index contributed by atoms with van der Waals surface area (Å²) >= 11 is -3.82. The number of hydrogen-bond acceptors (Lipinski definition) is 5. The molecule has 0 N–H and O–H groups in total. The maximum atomic E-state index is 7.53. The minimum absolute atomic E-state index is 0.0188. The molecule has 5 aliphatic rings. The van der Waals surface area contributed by atoms with E-state index in [1.165, 1.54) is 86.4 Å². The molecule has 0 aromatic heterocycles. The molecule has 6 heteroatoms. The van der Waals surface area contributed by atoms with E-state index in [1.807, 2.05) is 0 Å². The van der Waals surface area contributed by atoms with E-state index < -0.39 is 13.3 Å². The average Bonchev–Trinajstić information content (AvgIpc) is 3.21. The number of hydrogen-bond donors (Lipinski definition) is 0. The third-order valence-electron chi connectivity index (χ3n) is 15.5. The summed E-state index contributed by atoms with van der Waals surface area (Å²) < 4.78 is 19.5. The standard InChI is InChI=1S/C61H71GeN3O2/c1-56(2,3)34-20-24-38(25-21-34)63-45-32-39(60(13,14)15)54-52-50(45)62(19)49-43(64(52)41-26-22-35(57(4,5)6)30-47(41)66-54)28-37(59(10,11)12)29-44(49)65-42-27-23-36(58(7,8)9)31-48(42)67-55-40(61(16,17)18)33-46(63)51(62)53(55)65/h20-33H,1-19H3. The Labute approximate surface area is 403 Å². The summed E-state index contributed by atoms with van der Waals surface area (Å²) in [5, 5.41) is 0. The van der Waals surface area contributed by atoms with Crippen molar-refractivity contribution in [1.29, 1.82) is 0 Å². The first kappa shape index (κ1) is 44.4. The number of nitrogens with zero attached hydrogens (tertiary/aromatic N) is 3. The number of anilines is 9. The normalized spacial score (nSPS) is 16.3. The quantitative estimate of drug-likeness (QED) is 0.153. The molecule has 0 fully saturated rings. The Morgan fingerprint density at radius 1 is 0.343 bits per heavy atom. The van der Waals surface area contributed by atoms with Gasteiger partial charge in [0.25, 0.3) is 0 Å². The fourth-order valence-electron chi connectivity index (χ4n) is 11.6. The molecule has 346 valence electrons. The van der Waals surface area contributed by atoms with Gasteiger partial charge >= 0.3 is 406 Å². The van der Waals surface area contributed by atoms with Crippen LogP contribution in [0, 0.1) is 0 Å². The van der Waals surface area contributed by atoms with E-state index in [0.717, 1.165) is 34.4 Å². The fourth-order valence-corrected chi connectivity index (χ4v) is 22.0. The van der Waals surface area contributed by atoms with E-state index >= 15 is 0 Å². The van der Waals surface area contributed by atoms with Gasteiger partial charge in [0.15, 0.2) is 0 Å². The minimum atomic E-state index is -3.82. The second-order valence-corrected chi connectivity index (χ2v) is 34.5. The molecule has 0 amide bonds. The molecule has 67 heavy (non-hydrogen) atoms. The van der Waals surface area contributed by atoms with Crippen LogP contribution in [-0.2, 0) is 32.5 Å². The molecule has 0 spiro atoms. The van der Waals surface area contributed by atoms with Crippen LogP contribution in [0.2, 0.25) is 5.76 Å². The van der Waals surface area contributed by atoms with Crippen molar-refractivity contribution < 1.29 is 9.47 Å². The number of benzene rings is 6. The summed E-state index contributed by atoms with van der Waals surface area (Å²) in [6.07, 6.45) is 0. The van der Waals surface area contributed by atoms with E-state index in [9.17, 15) is 0 Å². The van der Waals surface area contributed by atoms with Gasteiger partial charge in [-0.05, 0) is 0 Å². The number of fused-ring (bicyclic) bond motifs is 6. The molecule has 0 aliphatic carbocycles. The first-order valence-corrected chi connectivity index (χ1v) is 29.9. The molecule has 5 aliphatic heterocycles. The molecule has 0 unspecified atom stereocenters. The Morgan fingerprint density at radius 2 is 0.701 bits per heavy atom. The van der Waals surface area contributed by atoms with Crippen LogP contribution in [0.4, 0.5) is 51.2 Å². The van der Waals surface area contributed by atoms with Gasteiger partial charge in [-0.3, -0.25) is 0 Å². The molecular weight excluding hydrogens is 879 g/mol. The Hall–Kier alpha value is -5.14. The van der Waals surface area contributed by atoms with Crippen LogP contribution in [0.3, 0.4) is 0 Å². The molecular formula is C61H71GeN3O2. The zero-order chi connectivity index (χ0) is 48.2. The van der Waals surface area contributed by atoms with Crippen LogP contribution in [-0.4, -0.2) is 13.3 Å². The van der Waals surface area contributed by atoms with Crippen molar-refractivity contribution in [2.24, 2.45) is 0 Å². The van der Waals surface area contributed by atoms with Crippen LogP contribution < -0.4 is 37.4 Å². The van der Waals surface area contributed by atoms with Gasteiger partial charge in [-0.1, -0.05) is 0 Å². The number of rotatable bonds is 1. The monoisotopic (exact) mass is 951 g/mol. The van der Waals surface area contributed by atoms with Crippen LogP contribution in [0.25, 0.3) is 0 Å². The summed E-state index contributed by atoms with van der Waals surface area (Å²) in [6.45, 7) is 42.0. The summed E-state index contributed by atoms with van der Waals surface area (Å²) in [5.41, 5.74) is 17.9. The van der Waals surface area contributed by atoms with E-state index in [0.29, 0.717) is 0 Å². The summed E-state index contributed by atoms with van der Waals surface area (Å²) in [5.74, 6) is 6.53. The molecule has 6 aromatic carbocycles. The van der Waals surface area contributed by atoms with Crippen molar-refractivity contribution in [2.45, 2.75) is 163 Å². The summed E-state index contributed by atoms with van der Waals surface area (Å²) in [6, 6.07) is 33.7. The third-order valence-corrected chi connectivity index (χ3v) is 24.9. The van der Waals surface area contributed by atoms with E-state index in [4.69, 9.17) is 9.47 Å². The van der Waals surface area contributed by atoms with Crippen molar-refractivity contribution in [1.82, 2.24) is 0 Å². The fraction of sp³-hybridized carbons (Fsp3) is 0.410. The van der Waals surface area contributed by atoms with Crippen molar-refractivity contribution in [3.63, 3.8) is 0 Å². The van der Waals surface area contributed by atoms with Gasteiger partial charge in [0.2, 0.25) is 0 Å². The second-order valence-electron chi connectivity index (χ2n) is 26.6. The Morgan fingerprint density at radius 3 is 1.06 bits per heavy atom. The molecule has 0 bridgehead atoms. The Kier molecular flexibility index (Phi) is 8.84. The van der Waals surface area contributed by atoms with Crippen molar-refractivity contribution in [3.8, 4) is 23.0 Å². The van der Waals surface area contributed by atoms with Gasteiger partial charge in [0, 0.05) is 0 Å². The van der Waals surface area contributed by atoms with Crippen molar-refractivity contribution in [3.05, 3.63) is 118 Å². The third kappa shape index (κ3) is 6.17. The van der Waals surface area contributed by atoms with Crippen LogP contribution >= 0.6 is 0 Å².